The van der Waals surface area contributed by atoms with Gasteiger partial charge in [0.1, 0.15) is 0 Å². The van der Waals surface area contributed by atoms with Crippen LogP contribution in [0.4, 0.5) is 0 Å². The van der Waals surface area contributed by atoms with E-state index in [1.54, 1.807) is 7.11 Å². The zero-order chi connectivity index (χ0) is 22.4. The van der Waals surface area contributed by atoms with Gasteiger partial charge < -0.3 is 4.74 Å². The van der Waals surface area contributed by atoms with E-state index in [-0.39, 0.29) is 17.3 Å². The number of rotatable bonds is 8. The first kappa shape index (κ1) is 23.2. The molecule has 0 saturated carbocycles. The molecule has 3 rings (SSSR count). The minimum Gasteiger partial charge on any atom is -0.385 e. The van der Waals surface area contributed by atoms with Crippen LogP contribution in [0.5, 0.6) is 0 Å². The molecule has 0 saturated heterocycles. The van der Waals surface area contributed by atoms with E-state index in [1.165, 1.54) is 33.4 Å². The molecular weight excluding hydrogens is 378 g/mol. The second kappa shape index (κ2) is 10.2. The monoisotopic (exact) mass is 414 g/mol. The first-order valence-electron chi connectivity index (χ1n) is 11.2. The molecular formula is C29H36NO. The third-order valence-corrected chi connectivity index (χ3v) is 6.17. The maximum Gasteiger partial charge on any atom is 0.0465 e. The molecule has 2 heteroatoms. The van der Waals surface area contributed by atoms with E-state index >= 15 is 0 Å². The molecule has 3 aromatic rings. The predicted octanol–water partition coefficient (Wildman–Crippen LogP) is 7.38. The van der Waals surface area contributed by atoms with E-state index in [9.17, 15) is 0 Å². The van der Waals surface area contributed by atoms with E-state index < -0.39 is 0 Å². The van der Waals surface area contributed by atoms with Gasteiger partial charge in [0.2, 0.25) is 0 Å². The van der Waals surface area contributed by atoms with E-state index in [4.69, 9.17) is 4.74 Å². The van der Waals surface area contributed by atoms with Crippen LogP contribution in [-0.4, -0.2) is 18.7 Å². The Morgan fingerprint density at radius 3 is 2.45 bits per heavy atom. The van der Waals surface area contributed by atoms with Crippen LogP contribution in [0.15, 0.2) is 67.0 Å². The molecule has 2 aromatic carbocycles. The average Bonchev–Trinajstić information content (AvgIpc) is 2.74. The SMILES string of the molecule is [CH2]C(c1ccc(-c2ccccc2CCCOC)cc1C)C(c1cccnc1)C(C)(C)C. The van der Waals surface area contributed by atoms with Crippen LogP contribution in [0, 0.1) is 19.3 Å². The highest BCUT2D eigenvalue weighted by Crippen LogP contribution is 2.45. The number of methoxy groups -OCH3 is 1. The van der Waals surface area contributed by atoms with Gasteiger partial charge >= 0.3 is 0 Å². The third kappa shape index (κ3) is 5.62. The lowest BCUT2D eigenvalue weighted by Crippen LogP contribution is -2.24. The van der Waals surface area contributed by atoms with Crippen molar-refractivity contribution >= 4 is 0 Å². The molecule has 2 atom stereocenters. The molecule has 0 spiro atoms. The summed E-state index contributed by atoms with van der Waals surface area (Å²) in [4.78, 5) is 4.37. The molecule has 0 N–H and O–H groups in total. The molecule has 0 aliphatic heterocycles. The summed E-state index contributed by atoms with van der Waals surface area (Å²) in [5.74, 6) is 0.433. The Kier molecular flexibility index (Phi) is 7.67. The standard InChI is InChI=1S/C29H36NO/c1-21-19-24(27-14-8-7-11-23(27)13-10-18-31-6)15-16-26(21)22(2)28(29(3,4)5)25-12-9-17-30-20-25/h7-9,11-12,14-17,19-20,22,28H,2,10,13,18H2,1,3-6H3. The summed E-state index contributed by atoms with van der Waals surface area (Å²) >= 11 is 0. The molecule has 163 valence electrons. The number of pyridine rings is 1. The fraction of sp³-hybridized carbons (Fsp3) is 0.379. The fourth-order valence-corrected chi connectivity index (χ4v) is 4.76. The Balaban J connectivity index is 1.94. The van der Waals surface area contributed by atoms with E-state index in [2.05, 4.69) is 88.1 Å². The Morgan fingerprint density at radius 2 is 1.81 bits per heavy atom. The smallest absolute Gasteiger partial charge is 0.0465 e. The summed E-state index contributed by atoms with van der Waals surface area (Å²) < 4.78 is 5.25. The fourth-order valence-electron chi connectivity index (χ4n) is 4.76. The molecule has 2 unspecified atom stereocenters. The molecule has 1 radical (unpaired) electrons. The van der Waals surface area contributed by atoms with Gasteiger partial charge in [-0.25, -0.2) is 0 Å². The number of nitrogens with zero attached hydrogens (tertiary/aromatic N) is 1. The van der Waals surface area contributed by atoms with E-state index in [0.717, 1.165) is 19.4 Å². The Labute approximate surface area is 188 Å². The summed E-state index contributed by atoms with van der Waals surface area (Å²) in [6.45, 7) is 14.5. The molecule has 0 bridgehead atoms. The maximum atomic E-state index is 5.25. The molecule has 0 fully saturated rings. The van der Waals surface area contributed by atoms with Crippen molar-refractivity contribution in [3.8, 4) is 11.1 Å². The van der Waals surface area contributed by atoms with Crippen molar-refractivity contribution < 1.29 is 4.74 Å². The van der Waals surface area contributed by atoms with E-state index in [0.29, 0.717) is 0 Å². The predicted molar refractivity (Wildman–Crippen MR) is 131 cm³/mol. The highest BCUT2D eigenvalue weighted by molar-refractivity contribution is 5.69. The van der Waals surface area contributed by atoms with Gasteiger partial charge in [-0.05, 0) is 83.4 Å². The van der Waals surface area contributed by atoms with Crippen LogP contribution in [-0.2, 0) is 11.2 Å². The van der Waals surface area contributed by atoms with Crippen molar-refractivity contribution in [1.82, 2.24) is 4.98 Å². The molecule has 0 amide bonds. The van der Waals surface area contributed by atoms with Gasteiger partial charge in [-0.15, -0.1) is 0 Å². The van der Waals surface area contributed by atoms with Gasteiger partial charge in [0.15, 0.2) is 0 Å². The number of hydrogen-bond donors (Lipinski definition) is 0. The first-order chi connectivity index (χ1) is 14.8. The van der Waals surface area contributed by atoms with Crippen molar-refractivity contribution in [2.45, 2.75) is 52.4 Å². The minimum atomic E-state index is 0.0779. The summed E-state index contributed by atoms with van der Waals surface area (Å²) in [5.41, 5.74) is 7.90. The molecule has 31 heavy (non-hydrogen) atoms. The normalized spacial score (nSPS) is 13.7. The molecule has 1 aromatic heterocycles. The van der Waals surface area contributed by atoms with Crippen LogP contribution < -0.4 is 0 Å². The summed E-state index contributed by atoms with van der Waals surface area (Å²) in [6, 6.07) is 19.8. The van der Waals surface area contributed by atoms with Crippen molar-refractivity contribution in [3.05, 3.63) is 96.2 Å². The Morgan fingerprint density at radius 1 is 1.03 bits per heavy atom. The lowest BCUT2D eigenvalue weighted by atomic mass is 9.68. The molecule has 2 nitrogen and oxygen atoms in total. The van der Waals surface area contributed by atoms with Gasteiger partial charge in [-0.3, -0.25) is 4.98 Å². The maximum absolute atomic E-state index is 5.25. The van der Waals surface area contributed by atoms with Crippen LogP contribution >= 0.6 is 0 Å². The summed E-state index contributed by atoms with van der Waals surface area (Å²) in [7, 11) is 1.76. The first-order valence-corrected chi connectivity index (χ1v) is 11.2. The largest absolute Gasteiger partial charge is 0.385 e. The van der Waals surface area contributed by atoms with Gasteiger partial charge in [0.05, 0.1) is 0 Å². The lowest BCUT2D eigenvalue weighted by molar-refractivity contribution is 0.195. The van der Waals surface area contributed by atoms with Gasteiger partial charge in [-0.1, -0.05) is 69.3 Å². The molecule has 0 aliphatic rings. The van der Waals surface area contributed by atoms with Crippen LogP contribution in [0.1, 0.15) is 61.3 Å². The van der Waals surface area contributed by atoms with Crippen LogP contribution in [0.3, 0.4) is 0 Å². The highest BCUT2D eigenvalue weighted by atomic mass is 16.5. The van der Waals surface area contributed by atoms with Crippen molar-refractivity contribution in [3.63, 3.8) is 0 Å². The second-order valence-corrected chi connectivity index (χ2v) is 9.56. The summed E-state index contributed by atoms with van der Waals surface area (Å²) in [5, 5.41) is 0. The zero-order valence-electron chi connectivity index (χ0n) is 19.7. The van der Waals surface area contributed by atoms with Crippen molar-refractivity contribution in [2.75, 3.05) is 13.7 Å². The van der Waals surface area contributed by atoms with Crippen molar-refractivity contribution in [2.24, 2.45) is 5.41 Å². The number of benzene rings is 2. The number of hydrogen-bond acceptors (Lipinski definition) is 2. The van der Waals surface area contributed by atoms with Crippen LogP contribution in [0.25, 0.3) is 11.1 Å². The quantitative estimate of drug-likeness (QED) is 0.359. The third-order valence-electron chi connectivity index (χ3n) is 6.17. The van der Waals surface area contributed by atoms with Gasteiger partial charge in [0.25, 0.3) is 0 Å². The minimum absolute atomic E-state index is 0.0779. The average molecular weight is 415 g/mol. The van der Waals surface area contributed by atoms with Gasteiger partial charge in [0, 0.05) is 26.1 Å². The topological polar surface area (TPSA) is 22.1 Å². The highest BCUT2D eigenvalue weighted by Gasteiger charge is 2.32. The van der Waals surface area contributed by atoms with Gasteiger partial charge in [-0.2, -0.15) is 0 Å². The van der Waals surface area contributed by atoms with E-state index in [1.807, 2.05) is 18.5 Å². The molecule has 0 aliphatic carbocycles. The number of aryl methyl sites for hydroxylation is 2. The molecule has 1 heterocycles. The number of ether oxygens (including phenoxy) is 1. The number of aromatic nitrogens is 1. The van der Waals surface area contributed by atoms with Crippen LogP contribution in [0.2, 0.25) is 0 Å². The Hall–Kier alpha value is -2.45. The zero-order valence-corrected chi connectivity index (χ0v) is 19.7. The lowest BCUT2D eigenvalue weighted by Gasteiger charge is -2.36. The summed E-state index contributed by atoms with van der Waals surface area (Å²) in [6.07, 6.45) is 5.89. The van der Waals surface area contributed by atoms with Crippen molar-refractivity contribution in [1.29, 1.82) is 0 Å². The second-order valence-electron chi connectivity index (χ2n) is 9.56. The Bertz CT molecular complexity index is 972.